The predicted molar refractivity (Wildman–Crippen MR) is 111 cm³/mol. The third kappa shape index (κ3) is 2.74. The number of aromatic nitrogens is 1. The highest BCUT2D eigenvalue weighted by molar-refractivity contribution is 7.93. The van der Waals surface area contributed by atoms with Crippen molar-refractivity contribution in [3.05, 3.63) is 59.1 Å². The van der Waals surface area contributed by atoms with Gasteiger partial charge >= 0.3 is 0 Å². The molecule has 0 spiro atoms. The van der Waals surface area contributed by atoms with E-state index in [9.17, 15) is 8.42 Å². The first kappa shape index (κ1) is 16.8. The van der Waals surface area contributed by atoms with E-state index in [1.165, 1.54) is 22.6 Å². The molecule has 2 N–H and O–H groups in total. The zero-order valence-corrected chi connectivity index (χ0v) is 16.5. The van der Waals surface area contributed by atoms with E-state index in [-0.39, 0.29) is 0 Å². The number of fused-ring (bicyclic) bond motifs is 4. The van der Waals surface area contributed by atoms with E-state index in [1.54, 1.807) is 5.38 Å². The number of likely N-dealkylation sites (N-methyl/N-ethyl adjacent to an activating group) is 1. The van der Waals surface area contributed by atoms with Crippen LogP contribution in [0.5, 0.6) is 0 Å². The van der Waals surface area contributed by atoms with Gasteiger partial charge in [0.05, 0.1) is 5.69 Å². The van der Waals surface area contributed by atoms with Crippen LogP contribution >= 0.6 is 11.3 Å². The maximum absolute atomic E-state index is 13.1. The highest BCUT2D eigenvalue weighted by atomic mass is 32.2. The van der Waals surface area contributed by atoms with Crippen molar-refractivity contribution < 1.29 is 8.42 Å². The summed E-state index contributed by atoms with van der Waals surface area (Å²) in [6.45, 7) is 1.82. The number of hydrogen-bond donors (Lipinski definition) is 2. The smallest absolute Gasteiger partial charge is 0.263 e. The van der Waals surface area contributed by atoms with Gasteiger partial charge in [-0.25, -0.2) is 8.42 Å². The van der Waals surface area contributed by atoms with Crippen molar-refractivity contribution >= 4 is 48.0 Å². The summed E-state index contributed by atoms with van der Waals surface area (Å²) in [4.78, 5) is 6.06. The molecule has 0 amide bonds. The van der Waals surface area contributed by atoms with Gasteiger partial charge in [-0.05, 0) is 37.2 Å². The Morgan fingerprint density at radius 1 is 1.15 bits per heavy atom. The fourth-order valence-corrected chi connectivity index (χ4v) is 6.46. The van der Waals surface area contributed by atoms with Gasteiger partial charge < -0.3 is 9.88 Å². The lowest BCUT2D eigenvalue weighted by Crippen LogP contribution is -2.26. The number of sulfonamides is 1. The summed E-state index contributed by atoms with van der Waals surface area (Å²) in [7, 11) is -1.57. The van der Waals surface area contributed by atoms with E-state index < -0.39 is 10.0 Å². The average Bonchev–Trinajstić information content (AvgIpc) is 3.23. The second-order valence-electron chi connectivity index (χ2n) is 7.00. The molecule has 4 aromatic rings. The predicted octanol–water partition coefficient (Wildman–Crippen LogP) is 4.17. The van der Waals surface area contributed by atoms with Crippen molar-refractivity contribution in [1.82, 2.24) is 9.88 Å². The number of H-pyrrole nitrogens is 1. The summed E-state index contributed by atoms with van der Waals surface area (Å²) in [6, 6.07) is 13.3. The molecule has 0 atom stereocenters. The number of benzene rings is 2. The fraction of sp³-hybridized carbons (Fsp3) is 0.200. The second-order valence-corrected chi connectivity index (χ2v) is 9.56. The molecule has 2 aromatic carbocycles. The molecule has 2 aromatic heterocycles. The number of thiophene rings is 1. The Hall–Kier alpha value is -2.35. The molecular formula is C20H19N3O2S2. The Labute approximate surface area is 161 Å². The van der Waals surface area contributed by atoms with E-state index in [0.717, 1.165) is 40.5 Å². The fourth-order valence-electron chi connectivity index (χ4n) is 3.88. The molecule has 0 bridgehead atoms. The van der Waals surface area contributed by atoms with Crippen LogP contribution in [-0.2, 0) is 23.0 Å². The van der Waals surface area contributed by atoms with Gasteiger partial charge in [0, 0.05) is 45.2 Å². The third-order valence-electron chi connectivity index (χ3n) is 5.17. The molecule has 5 rings (SSSR count). The van der Waals surface area contributed by atoms with Crippen LogP contribution in [0.25, 0.3) is 21.0 Å². The number of anilines is 1. The number of nitrogens with zero attached hydrogens (tertiary/aromatic N) is 1. The monoisotopic (exact) mass is 397 g/mol. The topological polar surface area (TPSA) is 65.2 Å². The van der Waals surface area contributed by atoms with Crippen molar-refractivity contribution in [1.29, 1.82) is 0 Å². The Morgan fingerprint density at radius 3 is 2.89 bits per heavy atom. The molecule has 5 nitrogen and oxygen atoms in total. The molecule has 27 heavy (non-hydrogen) atoms. The SMILES string of the molecule is CN1CCc2c([nH]c3cccc(NS(=O)(=O)c4csc5ccccc45)c23)C1. The van der Waals surface area contributed by atoms with Gasteiger partial charge in [-0.3, -0.25) is 4.72 Å². The number of nitrogens with one attached hydrogen (secondary N) is 2. The lowest BCUT2D eigenvalue weighted by Gasteiger charge is -2.22. The second kappa shape index (κ2) is 6.09. The molecule has 0 fully saturated rings. The molecule has 138 valence electrons. The van der Waals surface area contributed by atoms with Gasteiger partial charge in [-0.15, -0.1) is 11.3 Å². The standard InChI is InChI=1S/C20H19N3O2S2/c1-23-10-9-13-17(11-23)21-15-6-4-7-16(20(13)15)22-27(24,25)19-12-26-18-8-3-2-5-14(18)19/h2-8,12,21-22H,9-11H2,1H3. The molecule has 7 heteroatoms. The molecule has 0 saturated heterocycles. The van der Waals surface area contributed by atoms with E-state index in [0.29, 0.717) is 10.6 Å². The Kier molecular flexibility index (Phi) is 3.79. The molecule has 3 heterocycles. The van der Waals surface area contributed by atoms with Crippen molar-refractivity contribution in [2.24, 2.45) is 0 Å². The minimum Gasteiger partial charge on any atom is -0.357 e. The summed E-state index contributed by atoms with van der Waals surface area (Å²) in [5, 5.41) is 3.47. The number of aromatic amines is 1. The molecule has 1 aliphatic heterocycles. The van der Waals surface area contributed by atoms with Crippen molar-refractivity contribution in [3.63, 3.8) is 0 Å². The lowest BCUT2D eigenvalue weighted by atomic mass is 10.0. The molecule has 0 saturated carbocycles. The van der Waals surface area contributed by atoms with E-state index in [4.69, 9.17) is 0 Å². The Morgan fingerprint density at radius 2 is 2.00 bits per heavy atom. The Bertz CT molecular complexity index is 1270. The van der Waals surface area contributed by atoms with Gasteiger partial charge in [0.2, 0.25) is 0 Å². The minimum atomic E-state index is -3.67. The first-order chi connectivity index (χ1) is 13.0. The van der Waals surface area contributed by atoms with Gasteiger partial charge in [0.25, 0.3) is 10.0 Å². The molecular weight excluding hydrogens is 378 g/mol. The summed E-state index contributed by atoms with van der Waals surface area (Å²) in [6.07, 6.45) is 0.909. The van der Waals surface area contributed by atoms with Crippen LogP contribution in [0, 0.1) is 0 Å². The first-order valence-corrected chi connectivity index (χ1v) is 11.2. The quantitative estimate of drug-likeness (QED) is 0.545. The van der Waals surface area contributed by atoms with Crippen LogP contribution < -0.4 is 4.72 Å². The van der Waals surface area contributed by atoms with Gasteiger partial charge in [0.15, 0.2) is 0 Å². The van der Waals surface area contributed by atoms with Crippen molar-refractivity contribution in [3.8, 4) is 0 Å². The van der Waals surface area contributed by atoms with Gasteiger partial charge in [-0.1, -0.05) is 24.3 Å². The number of hydrogen-bond acceptors (Lipinski definition) is 4. The Balaban J connectivity index is 1.62. The highest BCUT2D eigenvalue weighted by Gasteiger charge is 2.24. The van der Waals surface area contributed by atoms with Crippen LogP contribution in [0.15, 0.2) is 52.7 Å². The van der Waals surface area contributed by atoms with E-state index in [2.05, 4.69) is 21.7 Å². The zero-order chi connectivity index (χ0) is 18.6. The maximum Gasteiger partial charge on any atom is 0.263 e. The van der Waals surface area contributed by atoms with Crippen LogP contribution in [-0.4, -0.2) is 31.9 Å². The van der Waals surface area contributed by atoms with Crippen LogP contribution in [0.4, 0.5) is 5.69 Å². The lowest BCUT2D eigenvalue weighted by molar-refractivity contribution is 0.310. The molecule has 0 aliphatic carbocycles. The summed E-state index contributed by atoms with van der Waals surface area (Å²) in [5.74, 6) is 0. The largest absolute Gasteiger partial charge is 0.357 e. The molecule has 0 unspecified atom stereocenters. The third-order valence-corrected chi connectivity index (χ3v) is 7.69. The zero-order valence-electron chi connectivity index (χ0n) is 14.8. The summed E-state index contributed by atoms with van der Waals surface area (Å²) >= 11 is 1.45. The number of rotatable bonds is 3. The summed E-state index contributed by atoms with van der Waals surface area (Å²) in [5.41, 5.74) is 4.01. The molecule has 1 aliphatic rings. The van der Waals surface area contributed by atoms with E-state index in [1.807, 2.05) is 42.5 Å². The summed E-state index contributed by atoms with van der Waals surface area (Å²) < 4.78 is 30.1. The van der Waals surface area contributed by atoms with E-state index >= 15 is 0 Å². The average molecular weight is 398 g/mol. The van der Waals surface area contributed by atoms with Crippen LogP contribution in [0.3, 0.4) is 0 Å². The van der Waals surface area contributed by atoms with Crippen molar-refractivity contribution in [2.45, 2.75) is 17.9 Å². The minimum absolute atomic E-state index is 0.337. The highest BCUT2D eigenvalue weighted by Crippen LogP contribution is 2.35. The van der Waals surface area contributed by atoms with Gasteiger partial charge in [-0.2, -0.15) is 0 Å². The van der Waals surface area contributed by atoms with Crippen LogP contribution in [0.2, 0.25) is 0 Å². The normalized spacial score (nSPS) is 15.3. The van der Waals surface area contributed by atoms with Crippen molar-refractivity contribution in [2.75, 3.05) is 18.3 Å². The van der Waals surface area contributed by atoms with Gasteiger partial charge in [0.1, 0.15) is 4.90 Å². The maximum atomic E-state index is 13.1. The first-order valence-electron chi connectivity index (χ1n) is 8.83. The molecule has 0 radical (unpaired) electrons. The van der Waals surface area contributed by atoms with Crippen LogP contribution in [0.1, 0.15) is 11.3 Å².